The molecule has 0 radical (unpaired) electrons. The zero-order valence-corrected chi connectivity index (χ0v) is 15.0. The number of thiazole rings is 1. The fourth-order valence-electron chi connectivity index (χ4n) is 2.34. The summed E-state index contributed by atoms with van der Waals surface area (Å²) >= 11 is 1.53. The molecule has 2 heterocycles. The summed E-state index contributed by atoms with van der Waals surface area (Å²) in [4.78, 5) is 21.0. The summed E-state index contributed by atoms with van der Waals surface area (Å²) in [5.41, 5.74) is 2.55. The number of pyridine rings is 1. The summed E-state index contributed by atoms with van der Waals surface area (Å²) in [7, 11) is 0. The first-order valence-electron chi connectivity index (χ1n) is 8.12. The van der Waals surface area contributed by atoms with Gasteiger partial charge in [-0.15, -0.1) is 11.3 Å². The van der Waals surface area contributed by atoms with Gasteiger partial charge in [0.15, 0.2) is 0 Å². The molecule has 0 unspecified atom stereocenters. The third kappa shape index (κ3) is 4.64. The second-order valence-corrected chi connectivity index (χ2v) is 6.85. The van der Waals surface area contributed by atoms with Crippen LogP contribution in [-0.2, 0) is 6.54 Å². The van der Waals surface area contributed by atoms with E-state index in [4.69, 9.17) is 0 Å². The zero-order chi connectivity index (χ0) is 17.6. The maximum absolute atomic E-state index is 12.1. The van der Waals surface area contributed by atoms with Crippen molar-refractivity contribution >= 4 is 23.1 Å². The highest BCUT2D eigenvalue weighted by Gasteiger charge is 2.09. The van der Waals surface area contributed by atoms with Crippen LogP contribution in [-0.4, -0.2) is 21.9 Å². The topological polar surface area (TPSA) is 66.9 Å². The van der Waals surface area contributed by atoms with Crippen molar-refractivity contribution in [3.63, 3.8) is 0 Å². The van der Waals surface area contributed by atoms with Crippen LogP contribution in [0.15, 0.2) is 54.0 Å². The highest BCUT2D eigenvalue weighted by Crippen LogP contribution is 2.23. The minimum absolute atomic E-state index is 0.0929. The minimum Gasteiger partial charge on any atom is -0.368 e. The van der Waals surface area contributed by atoms with Crippen molar-refractivity contribution in [2.24, 2.45) is 0 Å². The first-order chi connectivity index (χ1) is 12.1. The third-order valence-corrected chi connectivity index (χ3v) is 4.33. The van der Waals surface area contributed by atoms with E-state index in [0.29, 0.717) is 18.2 Å². The van der Waals surface area contributed by atoms with Gasteiger partial charge in [0, 0.05) is 28.7 Å². The number of amides is 1. The van der Waals surface area contributed by atoms with E-state index in [2.05, 4.69) is 34.4 Å². The Labute approximate surface area is 151 Å². The van der Waals surface area contributed by atoms with Crippen LogP contribution < -0.4 is 10.6 Å². The molecule has 25 heavy (non-hydrogen) atoms. The van der Waals surface area contributed by atoms with Gasteiger partial charge in [-0.25, -0.2) is 9.97 Å². The van der Waals surface area contributed by atoms with Crippen molar-refractivity contribution in [2.45, 2.75) is 26.4 Å². The first-order valence-corrected chi connectivity index (χ1v) is 9.00. The lowest BCUT2D eigenvalue weighted by Crippen LogP contribution is -2.22. The second kappa shape index (κ2) is 7.90. The molecular weight excluding hydrogens is 332 g/mol. The Kier molecular flexibility index (Phi) is 5.40. The molecule has 1 aromatic carbocycles. The molecule has 6 heteroatoms. The Morgan fingerprint density at radius 3 is 2.76 bits per heavy atom. The van der Waals surface area contributed by atoms with Crippen LogP contribution >= 0.6 is 11.3 Å². The van der Waals surface area contributed by atoms with Gasteiger partial charge in [0.25, 0.3) is 5.91 Å². The molecule has 0 aliphatic heterocycles. The predicted molar refractivity (Wildman–Crippen MR) is 102 cm³/mol. The Morgan fingerprint density at radius 1 is 1.20 bits per heavy atom. The Morgan fingerprint density at radius 2 is 2.00 bits per heavy atom. The zero-order valence-electron chi connectivity index (χ0n) is 14.2. The fourth-order valence-corrected chi connectivity index (χ4v) is 3.08. The number of carbonyl (C=O) groups excluding carboxylic acids is 1. The van der Waals surface area contributed by atoms with E-state index in [0.717, 1.165) is 22.1 Å². The smallest absolute Gasteiger partial charge is 0.251 e. The highest BCUT2D eigenvalue weighted by molar-refractivity contribution is 7.09. The van der Waals surface area contributed by atoms with Crippen LogP contribution in [0.4, 0.5) is 5.82 Å². The van der Waals surface area contributed by atoms with Gasteiger partial charge in [0.1, 0.15) is 10.8 Å². The van der Waals surface area contributed by atoms with Crippen molar-refractivity contribution in [3.8, 4) is 11.3 Å². The standard InChI is InChI=1S/C19H20N4OS/c1-13(2)22-17-10-15(8-9-20-17)16-12-25-18(23-16)11-21-19(24)14-6-4-3-5-7-14/h3-10,12-13H,11H2,1-2H3,(H,20,22)(H,21,24). The SMILES string of the molecule is CC(C)Nc1cc(-c2csc(CNC(=O)c3ccccc3)n2)ccn1. The van der Waals surface area contributed by atoms with E-state index < -0.39 is 0 Å². The number of hydrogen-bond donors (Lipinski definition) is 2. The molecule has 0 aliphatic rings. The molecule has 0 fully saturated rings. The van der Waals surface area contributed by atoms with E-state index in [1.807, 2.05) is 35.7 Å². The maximum atomic E-state index is 12.1. The summed E-state index contributed by atoms with van der Waals surface area (Å²) < 4.78 is 0. The molecule has 0 saturated carbocycles. The molecule has 3 aromatic rings. The third-order valence-electron chi connectivity index (χ3n) is 3.48. The second-order valence-electron chi connectivity index (χ2n) is 5.90. The number of rotatable bonds is 6. The number of aromatic nitrogens is 2. The van der Waals surface area contributed by atoms with Gasteiger partial charge >= 0.3 is 0 Å². The summed E-state index contributed by atoms with van der Waals surface area (Å²) in [6.07, 6.45) is 1.77. The summed E-state index contributed by atoms with van der Waals surface area (Å²) in [6.45, 7) is 4.57. The largest absolute Gasteiger partial charge is 0.368 e. The lowest BCUT2D eigenvalue weighted by Gasteiger charge is -2.09. The van der Waals surface area contributed by atoms with Crippen molar-refractivity contribution in [3.05, 3.63) is 64.6 Å². The molecule has 0 spiro atoms. The Hall–Kier alpha value is -2.73. The number of nitrogens with zero attached hydrogens (tertiary/aromatic N) is 2. The van der Waals surface area contributed by atoms with Crippen molar-refractivity contribution in [1.29, 1.82) is 0 Å². The van der Waals surface area contributed by atoms with Crippen LogP contribution in [0.1, 0.15) is 29.2 Å². The van der Waals surface area contributed by atoms with E-state index in [1.54, 1.807) is 18.3 Å². The van der Waals surface area contributed by atoms with Gasteiger partial charge in [-0.05, 0) is 38.1 Å². The average molecular weight is 352 g/mol. The number of benzene rings is 1. The normalized spacial score (nSPS) is 10.7. The minimum atomic E-state index is -0.0929. The van der Waals surface area contributed by atoms with Crippen LogP contribution in [0.5, 0.6) is 0 Å². The van der Waals surface area contributed by atoms with Gasteiger partial charge in [0.05, 0.1) is 12.2 Å². The summed E-state index contributed by atoms with van der Waals surface area (Å²) in [5.74, 6) is 0.740. The van der Waals surface area contributed by atoms with Crippen LogP contribution in [0.2, 0.25) is 0 Å². The quantitative estimate of drug-likeness (QED) is 0.705. The maximum Gasteiger partial charge on any atom is 0.251 e. The number of hydrogen-bond acceptors (Lipinski definition) is 5. The molecule has 0 saturated heterocycles. The molecule has 1 amide bonds. The molecule has 128 valence electrons. The molecule has 2 aromatic heterocycles. The first kappa shape index (κ1) is 17.1. The Balaban J connectivity index is 1.65. The van der Waals surface area contributed by atoms with Crippen molar-refractivity contribution < 1.29 is 4.79 Å². The average Bonchev–Trinajstić information content (AvgIpc) is 3.09. The molecule has 2 N–H and O–H groups in total. The lowest BCUT2D eigenvalue weighted by molar-refractivity contribution is 0.0951. The van der Waals surface area contributed by atoms with E-state index >= 15 is 0 Å². The van der Waals surface area contributed by atoms with E-state index in [1.165, 1.54) is 11.3 Å². The Bertz CT molecular complexity index is 845. The molecular formula is C19H20N4OS. The highest BCUT2D eigenvalue weighted by atomic mass is 32.1. The van der Waals surface area contributed by atoms with E-state index in [9.17, 15) is 4.79 Å². The predicted octanol–water partition coefficient (Wildman–Crippen LogP) is 3.96. The van der Waals surface area contributed by atoms with Gasteiger partial charge in [-0.3, -0.25) is 4.79 Å². The van der Waals surface area contributed by atoms with E-state index in [-0.39, 0.29) is 5.91 Å². The monoisotopic (exact) mass is 352 g/mol. The fraction of sp³-hybridized carbons (Fsp3) is 0.211. The van der Waals surface area contributed by atoms with Crippen molar-refractivity contribution in [1.82, 2.24) is 15.3 Å². The van der Waals surface area contributed by atoms with Gasteiger partial charge < -0.3 is 10.6 Å². The summed E-state index contributed by atoms with van der Waals surface area (Å²) in [6, 6.07) is 13.4. The molecule has 0 aliphatic carbocycles. The van der Waals surface area contributed by atoms with Gasteiger partial charge in [-0.2, -0.15) is 0 Å². The summed E-state index contributed by atoms with van der Waals surface area (Å²) in [5, 5.41) is 9.06. The molecule has 5 nitrogen and oxygen atoms in total. The molecule has 0 bridgehead atoms. The van der Waals surface area contributed by atoms with Crippen LogP contribution in [0, 0.1) is 0 Å². The van der Waals surface area contributed by atoms with Gasteiger partial charge in [-0.1, -0.05) is 18.2 Å². The molecule has 3 rings (SSSR count). The lowest BCUT2D eigenvalue weighted by atomic mass is 10.2. The van der Waals surface area contributed by atoms with Crippen molar-refractivity contribution in [2.75, 3.05) is 5.32 Å². The number of carbonyl (C=O) groups is 1. The van der Waals surface area contributed by atoms with Crippen LogP contribution in [0.3, 0.4) is 0 Å². The number of anilines is 1. The van der Waals surface area contributed by atoms with Gasteiger partial charge in [0.2, 0.25) is 0 Å². The molecule has 0 atom stereocenters. The van der Waals surface area contributed by atoms with Crippen LogP contribution in [0.25, 0.3) is 11.3 Å². The number of nitrogens with one attached hydrogen (secondary N) is 2.